The van der Waals surface area contributed by atoms with Gasteiger partial charge in [0.1, 0.15) is 12.3 Å². The first-order chi connectivity index (χ1) is 17.7. The number of carbonyl (C=O) groups is 2. The molecule has 206 valence electrons. The Hall–Kier alpha value is -2.27. The Morgan fingerprint density at radius 3 is 2.35 bits per heavy atom. The number of hydrogen-bond acceptors (Lipinski definition) is 8. The van der Waals surface area contributed by atoms with Crippen molar-refractivity contribution in [1.82, 2.24) is 20.9 Å². The van der Waals surface area contributed by atoms with E-state index in [2.05, 4.69) is 16.0 Å². The number of amides is 2. The molecular formula is C27H44N6O3S. The number of likely N-dealkylation sites (N-methyl/N-ethyl adjacent to an activating group) is 1. The van der Waals surface area contributed by atoms with Crippen molar-refractivity contribution in [3.05, 3.63) is 40.9 Å². The zero-order valence-electron chi connectivity index (χ0n) is 22.3. The molecule has 2 unspecified atom stereocenters. The molecule has 1 saturated carbocycles. The maximum Gasteiger partial charge on any atom is 0.245 e. The van der Waals surface area contributed by atoms with Crippen LogP contribution >= 0.6 is 11.8 Å². The molecule has 1 aliphatic carbocycles. The van der Waals surface area contributed by atoms with Gasteiger partial charge in [-0.15, -0.1) is 0 Å². The van der Waals surface area contributed by atoms with Gasteiger partial charge < -0.3 is 37.4 Å². The van der Waals surface area contributed by atoms with Gasteiger partial charge in [0.05, 0.1) is 28.2 Å². The summed E-state index contributed by atoms with van der Waals surface area (Å²) in [5, 5.41) is 20.8. The van der Waals surface area contributed by atoms with E-state index in [1.165, 1.54) is 11.8 Å². The minimum atomic E-state index is -1.03. The van der Waals surface area contributed by atoms with Crippen LogP contribution in [0.15, 0.2) is 35.4 Å². The van der Waals surface area contributed by atoms with Crippen molar-refractivity contribution in [2.24, 2.45) is 17.4 Å². The topological polar surface area (TPSA) is 146 Å². The Morgan fingerprint density at radius 1 is 1.05 bits per heavy atom. The fraction of sp³-hybridized carbons (Fsp3) is 0.630. The number of thioether (sulfide) groups is 1. The van der Waals surface area contributed by atoms with Crippen LogP contribution in [-0.2, 0) is 9.59 Å². The smallest absolute Gasteiger partial charge is 0.245 e. The largest absolute Gasteiger partial charge is 0.396 e. The van der Waals surface area contributed by atoms with Gasteiger partial charge in [0.15, 0.2) is 0 Å². The zero-order chi connectivity index (χ0) is 26.9. The first-order valence-electron chi connectivity index (χ1n) is 13.4. The molecule has 0 aromatic heterocycles. The number of likely N-dealkylation sites (tertiary alicyclic amines) is 1. The summed E-state index contributed by atoms with van der Waals surface area (Å²) in [4.78, 5) is 28.4. The normalized spacial score (nSPS) is 22.5. The quantitative estimate of drug-likeness (QED) is 0.237. The molecule has 37 heavy (non-hydrogen) atoms. The van der Waals surface area contributed by atoms with Gasteiger partial charge in [-0.05, 0) is 52.5 Å². The van der Waals surface area contributed by atoms with Crippen molar-refractivity contribution in [1.29, 1.82) is 0 Å². The maximum absolute atomic E-state index is 13.9. The highest BCUT2D eigenvalue weighted by atomic mass is 32.2. The highest BCUT2D eigenvalue weighted by molar-refractivity contribution is 8.03. The van der Waals surface area contributed by atoms with Gasteiger partial charge in [0.2, 0.25) is 11.8 Å². The molecule has 3 rings (SSSR count). The number of nitrogens with two attached hydrogens (primary N) is 2. The molecule has 1 saturated heterocycles. The molecule has 1 aromatic rings. The fourth-order valence-electron chi connectivity index (χ4n) is 5.17. The molecule has 2 aliphatic rings. The van der Waals surface area contributed by atoms with E-state index >= 15 is 0 Å². The number of nitrogens with one attached hydrogen (secondary N) is 3. The standard InChI is InChI=1S/C27H44N6O3S/c1-17(30-3)24(34)31-23(20-13-8-5-9-14-20)27(36)33-16-10-15-21(33)25(35)32-26(37-18(2)28)22(29)19-11-6-4-7-12-19/h4,6-7,11-12,17-18,20-21,23,25,30,32,35H,5,8-10,13-16,28-29H2,1-3H3,(H,31,34)/b26-22-/t17-,18?,21-,23-,25?/m0/s1. The molecule has 9 nitrogen and oxygen atoms in total. The summed E-state index contributed by atoms with van der Waals surface area (Å²) in [5.41, 5.74) is 13.8. The highest BCUT2D eigenvalue weighted by Crippen LogP contribution is 2.31. The van der Waals surface area contributed by atoms with Crippen LogP contribution in [0.5, 0.6) is 0 Å². The molecule has 1 aromatic carbocycles. The Bertz CT molecular complexity index is 922. The van der Waals surface area contributed by atoms with Gasteiger partial charge in [-0.2, -0.15) is 0 Å². The van der Waals surface area contributed by atoms with Crippen LogP contribution in [0.4, 0.5) is 0 Å². The number of aliphatic hydroxyl groups excluding tert-OH is 1. The van der Waals surface area contributed by atoms with E-state index in [1.54, 1.807) is 18.9 Å². The Labute approximate surface area is 225 Å². The van der Waals surface area contributed by atoms with Crippen molar-refractivity contribution >= 4 is 29.3 Å². The zero-order valence-corrected chi connectivity index (χ0v) is 23.1. The minimum absolute atomic E-state index is 0.0958. The van der Waals surface area contributed by atoms with Crippen molar-refractivity contribution in [2.45, 2.75) is 88.5 Å². The van der Waals surface area contributed by atoms with Gasteiger partial charge in [0.25, 0.3) is 0 Å². The van der Waals surface area contributed by atoms with E-state index < -0.39 is 24.4 Å². The monoisotopic (exact) mass is 532 g/mol. The van der Waals surface area contributed by atoms with E-state index in [0.717, 1.165) is 44.1 Å². The van der Waals surface area contributed by atoms with Crippen LogP contribution in [-0.4, -0.2) is 65.1 Å². The molecule has 1 aliphatic heterocycles. The number of benzene rings is 1. The molecule has 8 N–H and O–H groups in total. The Morgan fingerprint density at radius 2 is 1.73 bits per heavy atom. The van der Waals surface area contributed by atoms with Crippen LogP contribution in [0.1, 0.15) is 64.4 Å². The van der Waals surface area contributed by atoms with Crippen molar-refractivity contribution in [3.63, 3.8) is 0 Å². The molecular weight excluding hydrogens is 488 g/mol. The molecule has 2 fully saturated rings. The minimum Gasteiger partial charge on any atom is -0.396 e. The van der Waals surface area contributed by atoms with E-state index in [4.69, 9.17) is 11.5 Å². The van der Waals surface area contributed by atoms with Gasteiger partial charge in [-0.25, -0.2) is 0 Å². The molecule has 0 radical (unpaired) electrons. The van der Waals surface area contributed by atoms with E-state index in [-0.39, 0.29) is 23.1 Å². The first-order valence-corrected chi connectivity index (χ1v) is 14.3. The maximum atomic E-state index is 13.9. The third kappa shape index (κ3) is 7.86. The fourth-order valence-corrected chi connectivity index (χ4v) is 5.98. The summed E-state index contributed by atoms with van der Waals surface area (Å²) in [5.74, 6) is -0.207. The van der Waals surface area contributed by atoms with Crippen molar-refractivity contribution < 1.29 is 14.7 Å². The second kappa shape index (κ2) is 14.0. The summed E-state index contributed by atoms with van der Waals surface area (Å²) in [6.07, 6.45) is 5.49. The molecule has 1 heterocycles. The van der Waals surface area contributed by atoms with Crippen LogP contribution in [0.2, 0.25) is 0 Å². The summed E-state index contributed by atoms with van der Waals surface area (Å²) in [6, 6.07) is 8.09. The molecule has 0 bridgehead atoms. The lowest BCUT2D eigenvalue weighted by Crippen LogP contribution is -2.58. The van der Waals surface area contributed by atoms with Gasteiger partial charge in [-0.3, -0.25) is 9.59 Å². The SMILES string of the molecule is CN[C@@H](C)C(=O)N[C@H](C(=O)N1CCC[C@H]1C(O)N/C(SC(C)N)=C(/N)c1ccccc1)C1CCCCC1. The second-order valence-electron chi connectivity index (χ2n) is 10.2. The Kier molecular flexibility index (Phi) is 11.1. The third-order valence-corrected chi connectivity index (χ3v) is 8.32. The molecule has 10 heteroatoms. The first kappa shape index (κ1) is 29.3. The summed E-state index contributed by atoms with van der Waals surface area (Å²) in [6.45, 7) is 4.17. The number of rotatable bonds is 11. The van der Waals surface area contributed by atoms with Crippen LogP contribution in [0, 0.1) is 5.92 Å². The van der Waals surface area contributed by atoms with Crippen LogP contribution in [0.3, 0.4) is 0 Å². The van der Waals surface area contributed by atoms with Gasteiger partial charge in [0, 0.05) is 12.1 Å². The lowest BCUT2D eigenvalue weighted by molar-refractivity contribution is -0.141. The van der Waals surface area contributed by atoms with E-state index in [1.807, 2.05) is 37.3 Å². The second-order valence-corrected chi connectivity index (χ2v) is 11.5. The van der Waals surface area contributed by atoms with Crippen molar-refractivity contribution in [3.8, 4) is 0 Å². The van der Waals surface area contributed by atoms with E-state index in [0.29, 0.717) is 23.7 Å². The molecule has 2 amide bonds. The van der Waals surface area contributed by atoms with Crippen molar-refractivity contribution in [2.75, 3.05) is 13.6 Å². The van der Waals surface area contributed by atoms with Gasteiger partial charge in [-0.1, -0.05) is 61.4 Å². The number of hydrogen-bond donors (Lipinski definition) is 6. The molecule has 5 atom stereocenters. The lowest BCUT2D eigenvalue weighted by Gasteiger charge is -2.37. The van der Waals surface area contributed by atoms with Crippen LogP contribution in [0.25, 0.3) is 5.70 Å². The van der Waals surface area contributed by atoms with Gasteiger partial charge >= 0.3 is 0 Å². The summed E-state index contributed by atoms with van der Waals surface area (Å²) < 4.78 is 0. The lowest BCUT2D eigenvalue weighted by atomic mass is 9.83. The number of carbonyl (C=O) groups excluding carboxylic acids is 2. The average Bonchev–Trinajstić information content (AvgIpc) is 3.41. The predicted molar refractivity (Wildman–Crippen MR) is 150 cm³/mol. The number of aliphatic hydroxyl groups is 1. The number of nitrogens with zero attached hydrogens (tertiary/aromatic N) is 1. The van der Waals surface area contributed by atoms with Crippen LogP contribution < -0.4 is 27.4 Å². The predicted octanol–water partition coefficient (Wildman–Crippen LogP) is 1.88. The summed E-state index contributed by atoms with van der Waals surface area (Å²) >= 11 is 1.34. The third-order valence-electron chi connectivity index (χ3n) is 7.37. The molecule has 0 spiro atoms. The summed E-state index contributed by atoms with van der Waals surface area (Å²) in [7, 11) is 1.73. The average molecular weight is 533 g/mol. The van der Waals surface area contributed by atoms with E-state index in [9.17, 15) is 14.7 Å². The highest BCUT2D eigenvalue weighted by Gasteiger charge is 2.41. The Balaban J connectivity index is 1.80.